The number of carbonyl (C=O) groups is 2. The fourth-order valence-electron chi connectivity index (χ4n) is 2.54. The lowest BCUT2D eigenvalue weighted by molar-refractivity contribution is -0.114. The van der Waals surface area contributed by atoms with Gasteiger partial charge in [0.25, 0.3) is 11.7 Å². The normalized spacial score (nSPS) is 13.5. The van der Waals surface area contributed by atoms with Crippen LogP contribution in [0.15, 0.2) is 46.9 Å². The van der Waals surface area contributed by atoms with Crippen LogP contribution in [0.3, 0.4) is 0 Å². The number of carbonyl (C=O) groups excluding carboxylic acids is 2. The first-order valence-corrected chi connectivity index (χ1v) is 7.71. The van der Waals surface area contributed by atoms with Crippen LogP contribution in [0, 0.1) is 6.92 Å². The monoisotopic (exact) mass is 359 g/mol. The van der Waals surface area contributed by atoms with Gasteiger partial charge in [0.1, 0.15) is 12.4 Å². The van der Waals surface area contributed by atoms with Gasteiger partial charge in [-0.3, -0.25) is 9.59 Å². The second kappa shape index (κ2) is 5.93. The van der Waals surface area contributed by atoms with Crippen molar-refractivity contribution in [3.63, 3.8) is 0 Å². The largest absolute Gasteiger partial charge is 0.492 e. The summed E-state index contributed by atoms with van der Waals surface area (Å²) in [6.45, 7) is 2.57. The molecular weight excluding hydrogens is 346 g/mol. The maximum Gasteiger partial charge on any atom is 0.299 e. The molecule has 0 bridgehead atoms. The van der Waals surface area contributed by atoms with E-state index in [0.29, 0.717) is 24.4 Å². The lowest BCUT2D eigenvalue weighted by Crippen LogP contribution is -2.33. The third-order valence-electron chi connectivity index (χ3n) is 3.59. The van der Waals surface area contributed by atoms with Crippen LogP contribution in [-0.2, 0) is 4.79 Å². The van der Waals surface area contributed by atoms with Gasteiger partial charge in [0, 0.05) is 4.47 Å². The molecule has 112 valence electrons. The second-order valence-electron chi connectivity index (χ2n) is 5.06. The summed E-state index contributed by atoms with van der Waals surface area (Å²) < 4.78 is 6.61. The smallest absolute Gasteiger partial charge is 0.299 e. The molecule has 0 unspecified atom stereocenters. The maximum absolute atomic E-state index is 12.1. The summed E-state index contributed by atoms with van der Waals surface area (Å²) in [4.78, 5) is 25.6. The third-order valence-corrected chi connectivity index (χ3v) is 4.12. The molecular formula is C17H14BrNO3. The van der Waals surface area contributed by atoms with Gasteiger partial charge in [0.15, 0.2) is 0 Å². The summed E-state index contributed by atoms with van der Waals surface area (Å²) in [5.74, 6) is -0.197. The number of amides is 1. The van der Waals surface area contributed by atoms with Crippen LogP contribution in [-0.4, -0.2) is 24.8 Å². The first-order valence-electron chi connectivity index (χ1n) is 6.92. The van der Waals surface area contributed by atoms with Gasteiger partial charge in [-0.25, -0.2) is 0 Å². The predicted octanol–water partition coefficient (Wildman–Crippen LogP) is 3.37. The van der Waals surface area contributed by atoms with Crippen molar-refractivity contribution >= 4 is 33.3 Å². The number of halogens is 1. The van der Waals surface area contributed by atoms with E-state index in [4.69, 9.17) is 4.74 Å². The number of nitrogens with zero attached hydrogens (tertiary/aromatic N) is 1. The third kappa shape index (κ3) is 2.64. The van der Waals surface area contributed by atoms with E-state index in [2.05, 4.69) is 15.9 Å². The Labute approximate surface area is 136 Å². The molecule has 0 N–H and O–H groups in total. The van der Waals surface area contributed by atoms with Gasteiger partial charge in [-0.1, -0.05) is 28.1 Å². The summed E-state index contributed by atoms with van der Waals surface area (Å²) in [6, 6.07) is 12.9. The van der Waals surface area contributed by atoms with Gasteiger partial charge in [-0.15, -0.1) is 0 Å². The number of anilines is 1. The Morgan fingerprint density at radius 3 is 2.55 bits per heavy atom. The van der Waals surface area contributed by atoms with Gasteiger partial charge in [-0.05, 0) is 42.8 Å². The van der Waals surface area contributed by atoms with E-state index in [1.807, 2.05) is 37.3 Å². The summed E-state index contributed by atoms with van der Waals surface area (Å²) in [5.41, 5.74) is 2.10. The van der Waals surface area contributed by atoms with Crippen LogP contribution in [0.4, 0.5) is 5.69 Å². The van der Waals surface area contributed by atoms with Gasteiger partial charge >= 0.3 is 0 Å². The molecule has 0 fully saturated rings. The molecule has 0 spiro atoms. The van der Waals surface area contributed by atoms with Crippen LogP contribution >= 0.6 is 15.9 Å². The van der Waals surface area contributed by atoms with Crippen molar-refractivity contribution in [3.05, 3.63) is 58.1 Å². The number of ketones is 1. The molecule has 0 atom stereocenters. The highest BCUT2D eigenvalue weighted by atomic mass is 79.9. The minimum atomic E-state index is -0.483. The zero-order valence-corrected chi connectivity index (χ0v) is 13.6. The molecule has 1 aliphatic heterocycles. The zero-order chi connectivity index (χ0) is 15.7. The lowest BCUT2D eigenvalue weighted by Gasteiger charge is -2.18. The Hall–Kier alpha value is -2.14. The summed E-state index contributed by atoms with van der Waals surface area (Å²) in [5, 5.41) is 0. The van der Waals surface area contributed by atoms with E-state index >= 15 is 0 Å². The Balaban J connectivity index is 1.72. The van der Waals surface area contributed by atoms with Crippen LogP contribution in [0.2, 0.25) is 0 Å². The molecule has 0 aromatic heterocycles. The number of hydrogen-bond donors (Lipinski definition) is 0. The first kappa shape index (κ1) is 14.8. The van der Waals surface area contributed by atoms with Crippen LogP contribution in [0.5, 0.6) is 5.75 Å². The highest BCUT2D eigenvalue weighted by molar-refractivity contribution is 9.10. The highest BCUT2D eigenvalue weighted by Gasteiger charge is 2.36. The summed E-state index contributed by atoms with van der Waals surface area (Å²) in [7, 11) is 0. The van der Waals surface area contributed by atoms with E-state index in [1.165, 1.54) is 4.90 Å². The molecule has 22 heavy (non-hydrogen) atoms. The Bertz CT molecular complexity index is 740. The Kier molecular flexibility index (Phi) is 3.98. The molecule has 1 amide bonds. The van der Waals surface area contributed by atoms with E-state index < -0.39 is 11.7 Å². The van der Waals surface area contributed by atoms with Crippen LogP contribution in [0.25, 0.3) is 0 Å². The number of Topliss-reactive ketones (excluding diaryl/α,β-unsaturated/α-hetero) is 1. The second-order valence-corrected chi connectivity index (χ2v) is 5.98. The predicted molar refractivity (Wildman–Crippen MR) is 87.5 cm³/mol. The van der Waals surface area contributed by atoms with Crippen LogP contribution < -0.4 is 9.64 Å². The van der Waals surface area contributed by atoms with Crippen LogP contribution in [0.1, 0.15) is 15.9 Å². The fraction of sp³-hybridized carbons (Fsp3) is 0.176. The van der Waals surface area contributed by atoms with E-state index in [1.54, 1.807) is 12.1 Å². The number of hydrogen-bond acceptors (Lipinski definition) is 3. The molecule has 2 aromatic carbocycles. The quantitative estimate of drug-likeness (QED) is 0.786. The van der Waals surface area contributed by atoms with Crippen molar-refractivity contribution in [3.8, 4) is 5.75 Å². The Morgan fingerprint density at radius 2 is 1.82 bits per heavy atom. The van der Waals surface area contributed by atoms with E-state index in [-0.39, 0.29) is 0 Å². The number of fused-ring (bicyclic) bond motifs is 1. The van der Waals surface area contributed by atoms with Crippen molar-refractivity contribution in [1.29, 1.82) is 0 Å². The van der Waals surface area contributed by atoms with Gasteiger partial charge in [0.05, 0.1) is 17.8 Å². The van der Waals surface area contributed by atoms with Gasteiger partial charge < -0.3 is 9.64 Å². The average molecular weight is 360 g/mol. The Morgan fingerprint density at radius 1 is 1.09 bits per heavy atom. The number of benzene rings is 2. The topological polar surface area (TPSA) is 46.6 Å². The molecule has 4 nitrogen and oxygen atoms in total. The fourth-order valence-corrected chi connectivity index (χ4v) is 2.80. The zero-order valence-electron chi connectivity index (χ0n) is 12.0. The molecule has 1 aliphatic rings. The minimum absolute atomic E-state index is 0.328. The number of ether oxygens (including phenoxy) is 1. The SMILES string of the molecule is Cc1cccc2c1N(CCOc1ccc(Br)cc1)C(=O)C2=O. The molecule has 0 aliphatic carbocycles. The average Bonchev–Trinajstić information content (AvgIpc) is 2.76. The number of para-hydroxylation sites is 1. The molecule has 0 saturated heterocycles. The molecule has 0 radical (unpaired) electrons. The van der Waals surface area contributed by atoms with Gasteiger partial charge in [0.2, 0.25) is 0 Å². The van der Waals surface area contributed by atoms with Crippen molar-refractivity contribution in [2.45, 2.75) is 6.92 Å². The van der Waals surface area contributed by atoms with Crippen molar-refractivity contribution in [2.75, 3.05) is 18.1 Å². The van der Waals surface area contributed by atoms with Crippen molar-refractivity contribution in [2.24, 2.45) is 0 Å². The van der Waals surface area contributed by atoms with E-state index in [0.717, 1.165) is 15.8 Å². The molecule has 1 heterocycles. The molecule has 5 heteroatoms. The number of aryl methyl sites for hydroxylation is 1. The van der Waals surface area contributed by atoms with Gasteiger partial charge in [-0.2, -0.15) is 0 Å². The number of rotatable bonds is 4. The molecule has 2 aromatic rings. The maximum atomic E-state index is 12.1. The van der Waals surface area contributed by atoms with E-state index in [9.17, 15) is 9.59 Å². The van der Waals surface area contributed by atoms with Crippen molar-refractivity contribution < 1.29 is 14.3 Å². The lowest BCUT2D eigenvalue weighted by atomic mass is 10.1. The van der Waals surface area contributed by atoms with Crippen molar-refractivity contribution in [1.82, 2.24) is 0 Å². The molecule has 3 rings (SSSR count). The minimum Gasteiger partial charge on any atom is -0.492 e. The summed E-state index contributed by atoms with van der Waals surface area (Å²) >= 11 is 3.36. The summed E-state index contributed by atoms with van der Waals surface area (Å²) in [6.07, 6.45) is 0. The first-order chi connectivity index (χ1) is 10.6. The standard InChI is InChI=1S/C17H14BrNO3/c1-11-3-2-4-14-15(11)19(17(21)16(14)20)9-10-22-13-7-5-12(18)6-8-13/h2-8H,9-10H2,1H3. The highest BCUT2D eigenvalue weighted by Crippen LogP contribution is 2.31. The molecule has 0 saturated carbocycles.